The van der Waals surface area contributed by atoms with Crippen LogP contribution in [0, 0.1) is 13.8 Å². The lowest BCUT2D eigenvalue weighted by atomic mass is 9.99. The molecule has 16 heavy (non-hydrogen) atoms. The van der Waals surface area contributed by atoms with E-state index in [-0.39, 0.29) is 0 Å². The van der Waals surface area contributed by atoms with Crippen LogP contribution in [-0.4, -0.2) is 17.0 Å². The first kappa shape index (κ1) is 12.6. The van der Waals surface area contributed by atoms with Crippen molar-refractivity contribution in [2.24, 2.45) is 0 Å². The Bertz CT molecular complexity index is 400. The van der Waals surface area contributed by atoms with E-state index in [2.05, 4.69) is 0 Å². The first-order chi connectivity index (χ1) is 7.30. The summed E-state index contributed by atoms with van der Waals surface area (Å²) in [5, 5.41) is 8.36. The summed E-state index contributed by atoms with van der Waals surface area (Å²) in [4.78, 5) is 10.3. The van der Waals surface area contributed by atoms with Gasteiger partial charge in [0.25, 0.3) is 5.92 Å². The Hall–Kier alpha value is -1.45. The van der Waals surface area contributed by atoms with Gasteiger partial charge in [0.05, 0.1) is 0 Å². The van der Waals surface area contributed by atoms with E-state index in [1.165, 1.54) is 0 Å². The summed E-state index contributed by atoms with van der Waals surface area (Å²) in [6, 6.07) is 5.19. The topological polar surface area (TPSA) is 37.3 Å². The number of hydrogen-bond donors (Lipinski definition) is 1. The molecule has 0 fully saturated rings. The number of halogens is 2. The monoisotopic (exact) mass is 228 g/mol. The van der Waals surface area contributed by atoms with Crippen LogP contribution in [0.4, 0.5) is 8.78 Å². The fourth-order valence-corrected chi connectivity index (χ4v) is 1.61. The second-order valence-electron chi connectivity index (χ2n) is 4.03. The lowest BCUT2D eigenvalue weighted by Gasteiger charge is -2.15. The molecule has 0 unspecified atom stereocenters. The van der Waals surface area contributed by atoms with Gasteiger partial charge in [-0.25, -0.2) is 8.78 Å². The quantitative estimate of drug-likeness (QED) is 0.860. The maximum atomic E-state index is 13.3. The average molecular weight is 228 g/mol. The molecule has 0 saturated carbocycles. The largest absolute Gasteiger partial charge is 0.481 e. The molecule has 2 nitrogen and oxygen atoms in total. The molecule has 0 amide bonds. The Morgan fingerprint density at radius 2 is 2.00 bits per heavy atom. The number of carboxylic acid groups (broad SMARTS) is 1. The van der Waals surface area contributed by atoms with E-state index >= 15 is 0 Å². The second kappa shape index (κ2) is 4.60. The summed E-state index contributed by atoms with van der Waals surface area (Å²) >= 11 is 0. The van der Waals surface area contributed by atoms with Crippen molar-refractivity contribution in [3.05, 3.63) is 34.9 Å². The number of aliphatic carboxylic acids is 1. The summed E-state index contributed by atoms with van der Waals surface area (Å²) in [7, 11) is 0. The van der Waals surface area contributed by atoms with Gasteiger partial charge in [0, 0.05) is 6.42 Å². The number of carbonyl (C=O) groups is 1. The van der Waals surface area contributed by atoms with Crippen molar-refractivity contribution in [3.8, 4) is 0 Å². The van der Waals surface area contributed by atoms with E-state index in [4.69, 9.17) is 5.11 Å². The van der Waals surface area contributed by atoms with Crippen LogP contribution in [0.2, 0.25) is 0 Å². The average Bonchev–Trinajstić information content (AvgIpc) is 2.07. The van der Waals surface area contributed by atoms with E-state index in [9.17, 15) is 13.6 Å². The minimum Gasteiger partial charge on any atom is -0.481 e. The van der Waals surface area contributed by atoms with Crippen LogP contribution < -0.4 is 0 Å². The molecule has 0 radical (unpaired) electrons. The normalized spacial score (nSPS) is 11.5. The van der Waals surface area contributed by atoms with Crippen molar-refractivity contribution in [1.82, 2.24) is 0 Å². The highest BCUT2D eigenvalue weighted by Gasteiger charge is 2.32. The van der Waals surface area contributed by atoms with Gasteiger partial charge in [0.2, 0.25) is 0 Å². The predicted octanol–water partition coefficient (Wildman–Crippen LogP) is 2.96. The summed E-state index contributed by atoms with van der Waals surface area (Å²) in [6.07, 6.45) is -1.65. The van der Waals surface area contributed by atoms with E-state index < -0.39 is 24.7 Å². The number of hydrogen-bond acceptors (Lipinski definition) is 1. The number of rotatable bonds is 4. The van der Waals surface area contributed by atoms with Crippen molar-refractivity contribution >= 4 is 5.97 Å². The van der Waals surface area contributed by atoms with Crippen LogP contribution in [0.3, 0.4) is 0 Å². The lowest BCUT2D eigenvalue weighted by molar-refractivity contribution is -0.144. The van der Waals surface area contributed by atoms with E-state index in [1.54, 1.807) is 19.1 Å². The van der Waals surface area contributed by atoms with Crippen LogP contribution >= 0.6 is 0 Å². The van der Waals surface area contributed by atoms with Crippen LogP contribution in [-0.2, 0) is 11.2 Å². The van der Waals surface area contributed by atoms with Gasteiger partial charge in [-0.2, -0.15) is 0 Å². The first-order valence-electron chi connectivity index (χ1n) is 4.96. The van der Waals surface area contributed by atoms with Gasteiger partial charge in [-0.05, 0) is 25.0 Å². The Balaban J connectivity index is 2.83. The van der Waals surface area contributed by atoms with Crippen LogP contribution in [0.1, 0.15) is 23.1 Å². The highest BCUT2D eigenvalue weighted by Crippen LogP contribution is 2.25. The molecule has 0 aliphatic heterocycles. The highest BCUT2D eigenvalue weighted by molar-refractivity contribution is 5.67. The second-order valence-corrected chi connectivity index (χ2v) is 4.03. The minimum absolute atomic E-state index is 0.497. The number of benzene rings is 1. The molecule has 0 aliphatic carbocycles. The standard InChI is InChI=1S/C12H14F2O2/c1-8-3-4-10(9(2)5-8)6-12(13,14)7-11(15)16/h3-5H,6-7H2,1-2H3,(H,15,16). The maximum absolute atomic E-state index is 13.3. The molecular weight excluding hydrogens is 214 g/mol. The van der Waals surface area contributed by atoms with Crippen LogP contribution in [0.15, 0.2) is 18.2 Å². The number of carboxylic acids is 1. The van der Waals surface area contributed by atoms with Crippen molar-refractivity contribution in [2.45, 2.75) is 32.6 Å². The highest BCUT2D eigenvalue weighted by atomic mass is 19.3. The van der Waals surface area contributed by atoms with Gasteiger partial charge < -0.3 is 5.11 Å². The van der Waals surface area contributed by atoms with Crippen LogP contribution in [0.5, 0.6) is 0 Å². The molecule has 4 heteroatoms. The molecule has 0 saturated heterocycles. The summed E-state index contributed by atoms with van der Waals surface area (Å²) < 4.78 is 26.5. The third-order valence-corrected chi connectivity index (χ3v) is 2.36. The van der Waals surface area contributed by atoms with Crippen molar-refractivity contribution in [1.29, 1.82) is 0 Å². The number of aryl methyl sites for hydroxylation is 2. The molecule has 0 heterocycles. The Kier molecular flexibility index (Phi) is 3.62. The Labute approximate surface area is 92.9 Å². The predicted molar refractivity (Wildman–Crippen MR) is 56.8 cm³/mol. The molecular formula is C12H14F2O2. The Morgan fingerprint density at radius 1 is 1.38 bits per heavy atom. The van der Waals surface area contributed by atoms with Gasteiger partial charge in [0.1, 0.15) is 6.42 Å². The maximum Gasteiger partial charge on any atom is 0.309 e. The van der Waals surface area contributed by atoms with E-state index in [1.807, 2.05) is 13.0 Å². The zero-order valence-electron chi connectivity index (χ0n) is 9.26. The van der Waals surface area contributed by atoms with Gasteiger partial charge in [-0.15, -0.1) is 0 Å². The Morgan fingerprint density at radius 3 is 2.50 bits per heavy atom. The first-order valence-corrected chi connectivity index (χ1v) is 4.96. The molecule has 0 aromatic heterocycles. The zero-order chi connectivity index (χ0) is 12.3. The van der Waals surface area contributed by atoms with Gasteiger partial charge in [0.15, 0.2) is 0 Å². The van der Waals surface area contributed by atoms with E-state index in [0.29, 0.717) is 5.56 Å². The van der Waals surface area contributed by atoms with Crippen molar-refractivity contribution < 1.29 is 18.7 Å². The molecule has 88 valence electrons. The summed E-state index contributed by atoms with van der Waals surface area (Å²) in [6.45, 7) is 3.63. The third-order valence-electron chi connectivity index (χ3n) is 2.36. The molecule has 0 spiro atoms. The summed E-state index contributed by atoms with van der Waals surface area (Å²) in [5.41, 5.74) is 2.27. The molecule has 1 aromatic rings. The van der Waals surface area contributed by atoms with Gasteiger partial charge in [-0.3, -0.25) is 4.79 Å². The van der Waals surface area contributed by atoms with Crippen LogP contribution in [0.25, 0.3) is 0 Å². The molecule has 0 bridgehead atoms. The smallest absolute Gasteiger partial charge is 0.309 e. The lowest BCUT2D eigenvalue weighted by Crippen LogP contribution is -2.24. The fraction of sp³-hybridized carbons (Fsp3) is 0.417. The SMILES string of the molecule is Cc1ccc(CC(F)(F)CC(=O)O)c(C)c1. The molecule has 1 aromatic carbocycles. The molecule has 1 rings (SSSR count). The van der Waals surface area contributed by atoms with Gasteiger partial charge in [-0.1, -0.05) is 23.8 Å². The number of alkyl halides is 2. The van der Waals surface area contributed by atoms with E-state index in [0.717, 1.165) is 11.1 Å². The summed E-state index contributed by atoms with van der Waals surface area (Å²) in [5.74, 6) is -4.67. The van der Waals surface area contributed by atoms with Gasteiger partial charge >= 0.3 is 5.97 Å². The third kappa shape index (κ3) is 3.61. The molecule has 0 aliphatic rings. The molecule has 1 N–H and O–H groups in total. The van der Waals surface area contributed by atoms with Crippen molar-refractivity contribution in [3.63, 3.8) is 0 Å². The minimum atomic E-state index is -3.19. The zero-order valence-corrected chi connectivity index (χ0v) is 9.26. The fourth-order valence-electron chi connectivity index (χ4n) is 1.61. The molecule has 0 atom stereocenters. The van der Waals surface area contributed by atoms with Crippen molar-refractivity contribution in [2.75, 3.05) is 0 Å².